The average Bonchev–Trinajstić information content (AvgIpc) is 3.34. The zero-order valence-electron chi connectivity index (χ0n) is 21.5. The smallest absolute Gasteiger partial charge is 0.277 e. The molecule has 0 spiro atoms. The van der Waals surface area contributed by atoms with Gasteiger partial charge in [-0.15, -0.1) is 0 Å². The van der Waals surface area contributed by atoms with Crippen molar-refractivity contribution in [1.29, 1.82) is 0 Å². The van der Waals surface area contributed by atoms with E-state index in [-0.39, 0.29) is 18.4 Å². The van der Waals surface area contributed by atoms with E-state index >= 15 is 0 Å². The Morgan fingerprint density at radius 2 is 1.73 bits per heavy atom. The van der Waals surface area contributed by atoms with E-state index in [0.717, 1.165) is 28.0 Å². The van der Waals surface area contributed by atoms with Gasteiger partial charge in [0.15, 0.2) is 0 Å². The maximum atomic E-state index is 14.0. The first-order valence-electron chi connectivity index (χ1n) is 12.3. The molecule has 1 N–H and O–H groups in total. The van der Waals surface area contributed by atoms with Gasteiger partial charge in [0.05, 0.1) is 19.3 Å². The van der Waals surface area contributed by atoms with Crippen molar-refractivity contribution in [3.05, 3.63) is 101 Å². The second kappa shape index (κ2) is 9.58. The van der Waals surface area contributed by atoms with Gasteiger partial charge in [-0.25, -0.2) is 0 Å². The Balaban J connectivity index is 1.55. The Bertz CT molecular complexity index is 1460. The fourth-order valence-corrected chi connectivity index (χ4v) is 4.72. The molecule has 1 aromatic heterocycles. The van der Waals surface area contributed by atoms with Crippen LogP contribution in [0.2, 0.25) is 0 Å². The Morgan fingerprint density at radius 1 is 1.00 bits per heavy atom. The molecular formula is C30H30N4O3. The number of methoxy groups -OCH3 is 1. The lowest BCUT2D eigenvalue weighted by atomic mass is 9.93. The molecule has 0 saturated carbocycles. The highest BCUT2D eigenvalue weighted by Crippen LogP contribution is 2.35. The number of nitrogens with one attached hydrogen (secondary N) is 1. The van der Waals surface area contributed by atoms with Crippen LogP contribution in [0.4, 0.5) is 5.69 Å². The molecule has 2 heterocycles. The minimum atomic E-state index is -1.19. The topological polar surface area (TPSA) is 76.5 Å². The number of benzene rings is 3. The number of rotatable bonds is 6. The molecule has 188 valence electrons. The predicted octanol–water partition coefficient (Wildman–Crippen LogP) is 4.91. The quantitative estimate of drug-likeness (QED) is 0.413. The van der Waals surface area contributed by atoms with Crippen LogP contribution >= 0.6 is 0 Å². The number of amides is 2. The van der Waals surface area contributed by atoms with Crippen LogP contribution in [0.3, 0.4) is 0 Å². The van der Waals surface area contributed by atoms with Crippen molar-refractivity contribution in [3.8, 4) is 17.0 Å². The van der Waals surface area contributed by atoms with E-state index in [2.05, 4.69) is 5.32 Å². The number of aromatic nitrogens is 2. The second-order valence-corrected chi connectivity index (χ2v) is 9.65. The molecule has 7 nitrogen and oxygen atoms in total. The highest BCUT2D eigenvalue weighted by molar-refractivity contribution is 6.12. The fraction of sp³-hybridized carbons (Fsp3) is 0.233. The van der Waals surface area contributed by atoms with Crippen LogP contribution in [0.5, 0.6) is 5.75 Å². The van der Waals surface area contributed by atoms with Gasteiger partial charge in [0.2, 0.25) is 5.91 Å². The van der Waals surface area contributed by atoms with Gasteiger partial charge < -0.3 is 10.1 Å². The summed E-state index contributed by atoms with van der Waals surface area (Å²) in [4.78, 5) is 29.4. The first-order valence-corrected chi connectivity index (χ1v) is 12.3. The van der Waals surface area contributed by atoms with Crippen LogP contribution in [0.1, 0.15) is 34.1 Å². The molecule has 0 radical (unpaired) electrons. The minimum Gasteiger partial charge on any atom is -0.497 e. The third kappa shape index (κ3) is 4.48. The minimum absolute atomic E-state index is 0.220. The lowest BCUT2D eigenvalue weighted by Gasteiger charge is -2.43. The van der Waals surface area contributed by atoms with E-state index in [4.69, 9.17) is 9.84 Å². The number of ether oxygens (including phenoxy) is 1. The molecule has 0 bridgehead atoms. The SMILES string of the molecule is COc1ccc(-c2cc3n(n2)CC(C)(C(=O)NCc2ccccc2)N(c2ccc(C)c(C)c2)C3=O)cc1. The van der Waals surface area contributed by atoms with Crippen LogP contribution in [0.15, 0.2) is 78.9 Å². The van der Waals surface area contributed by atoms with Crippen LogP contribution in [-0.2, 0) is 17.9 Å². The monoisotopic (exact) mass is 494 g/mol. The Morgan fingerprint density at radius 3 is 2.41 bits per heavy atom. The first kappa shape index (κ1) is 24.3. The van der Waals surface area contributed by atoms with E-state index in [1.807, 2.05) is 86.6 Å². The molecule has 0 saturated heterocycles. The van der Waals surface area contributed by atoms with Gasteiger partial charge in [0, 0.05) is 17.8 Å². The van der Waals surface area contributed by atoms with Gasteiger partial charge in [0.1, 0.15) is 17.0 Å². The summed E-state index contributed by atoms with van der Waals surface area (Å²) in [6, 6.07) is 24.9. The predicted molar refractivity (Wildman–Crippen MR) is 144 cm³/mol. The van der Waals surface area contributed by atoms with Gasteiger partial charge in [-0.1, -0.05) is 36.4 Å². The number of carbonyl (C=O) groups is 2. The molecule has 4 aromatic rings. The highest BCUT2D eigenvalue weighted by Gasteiger charge is 2.49. The largest absolute Gasteiger partial charge is 0.497 e. The number of hydrogen-bond acceptors (Lipinski definition) is 4. The third-order valence-corrected chi connectivity index (χ3v) is 7.07. The molecule has 0 fully saturated rings. The standard InChI is InChI=1S/C30H30N4O3/c1-20-10-13-24(16-21(20)2)34-28(35)27-17-26(23-11-14-25(37-4)15-12-23)32-33(27)19-30(34,3)29(36)31-18-22-8-6-5-7-9-22/h5-17H,18-19H2,1-4H3,(H,31,36). The highest BCUT2D eigenvalue weighted by atomic mass is 16.5. The molecule has 3 aromatic carbocycles. The van der Waals surface area contributed by atoms with Gasteiger partial charge in [0.25, 0.3) is 5.91 Å². The normalized spacial score (nSPS) is 16.9. The number of carbonyl (C=O) groups excluding carboxylic acids is 2. The zero-order chi connectivity index (χ0) is 26.2. The molecule has 1 unspecified atom stereocenters. The number of fused-ring (bicyclic) bond motifs is 1. The molecule has 37 heavy (non-hydrogen) atoms. The van der Waals surface area contributed by atoms with E-state index in [1.54, 1.807) is 29.7 Å². The summed E-state index contributed by atoms with van der Waals surface area (Å²) in [6.07, 6.45) is 0. The summed E-state index contributed by atoms with van der Waals surface area (Å²) < 4.78 is 6.92. The van der Waals surface area contributed by atoms with Gasteiger partial charge in [-0.3, -0.25) is 19.2 Å². The summed E-state index contributed by atoms with van der Waals surface area (Å²) in [6.45, 7) is 6.42. The molecule has 2 amide bonds. The van der Waals surface area contributed by atoms with Crippen LogP contribution < -0.4 is 15.0 Å². The molecule has 1 aliphatic heterocycles. The summed E-state index contributed by atoms with van der Waals surface area (Å²) in [5.74, 6) is 0.238. The first-order chi connectivity index (χ1) is 17.8. The number of nitrogens with zero attached hydrogens (tertiary/aromatic N) is 3. The van der Waals surface area contributed by atoms with Crippen molar-refractivity contribution in [2.24, 2.45) is 0 Å². The maximum Gasteiger partial charge on any atom is 0.277 e. The zero-order valence-corrected chi connectivity index (χ0v) is 21.5. The van der Waals surface area contributed by atoms with Crippen molar-refractivity contribution in [1.82, 2.24) is 15.1 Å². The number of anilines is 1. The molecule has 5 rings (SSSR count). The van der Waals surface area contributed by atoms with E-state index in [1.165, 1.54) is 0 Å². The molecule has 0 aliphatic carbocycles. The molecular weight excluding hydrogens is 464 g/mol. The Hall–Kier alpha value is -4.39. The van der Waals surface area contributed by atoms with Gasteiger partial charge in [-0.05, 0) is 79.9 Å². The van der Waals surface area contributed by atoms with Crippen LogP contribution in [0.25, 0.3) is 11.3 Å². The van der Waals surface area contributed by atoms with Crippen molar-refractivity contribution >= 4 is 17.5 Å². The van der Waals surface area contributed by atoms with E-state index in [0.29, 0.717) is 23.6 Å². The van der Waals surface area contributed by atoms with E-state index in [9.17, 15) is 9.59 Å². The van der Waals surface area contributed by atoms with Gasteiger partial charge >= 0.3 is 0 Å². The van der Waals surface area contributed by atoms with Gasteiger partial charge in [-0.2, -0.15) is 5.10 Å². The molecule has 1 aliphatic rings. The summed E-state index contributed by atoms with van der Waals surface area (Å²) in [5, 5.41) is 7.78. The maximum absolute atomic E-state index is 14.0. The fourth-order valence-electron chi connectivity index (χ4n) is 4.72. The van der Waals surface area contributed by atoms with Crippen molar-refractivity contribution in [2.75, 3.05) is 12.0 Å². The lowest BCUT2D eigenvalue weighted by Crippen LogP contribution is -2.64. The van der Waals surface area contributed by atoms with Crippen molar-refractivity contribution in [2.45, 2.75) is 39.4 Å². The van der Waals surface area contributed by atoms with Crippen molar-refractivity contribution in [3.63, 3.8) is 0 Å². The summed E-state index contributed by atoms with van der Waals surface area (Å²) in [7, 11) is 1.62. The van der Waals surface area contributed by atoms with Crippen LogP contribution in [-0.4, -0.2) is 34.2 Å². The average molecular weight is 495 g/mol. The summed E-state index contributed by atoms with van der Waals surface area (Å²) in [5.41, 5.74) is 4.63. The lowest BCUT2D eigenvalue weighted by molar-refractivity contribution is -0.126. The number of aryl methyl sites for hydroxylation is 2. The Labute approximate surface area is 216 Å². The second-order valence-electron chi connectivity index (χ2n) is 9.65. The van der Waals surface area contributed by atoms with E-state index < -0.39 is 5.54 Å². The number of hydrogen-bond donors (Lipinski definition) is 1. The molecule has 7 heteroatoms. The molecule has 1 atom stereocenters. The third-order valence-electron chi connectivity index (χ3n) is 7.07. The van der Waals surface area contributed by atoms with Crippen LogP contribution in [0, 0.1) is 13.8 Å². The summed E-state index contributed by atoms with van der Waals surface area (Å²) >= 11 is 0. The Kier molecular flexibility index (Phi) is 6.29. The van der Waals surface area contributed by atoms with Crippen molar-refractivity contribution < 1.29 is 14.3 Å².